The van der Waals surface area contributed by atoms with Crippen LogP contribution in [0.5, 0.6) is 0 Å². The summed E-state index contributed by atoms with van der Waals surface area (Å²) in [6, 6.07) is 6.84. The van der Waals surface area contributed by atoms with Crippen LogP contribution in [0, 0.1) is 11.3 Å². The first kappa shape index (κ1) is 11.0. The molecule has 0 heterocycles. The highest BCUT2D eigenvalue weighted by Crippen LogP contribution is 2.23. The van der Waals surface area contributed by atoms with E-state index in [-0.39, 0.29) is 12.6 Å². The summed E-state index contributed by atoms with van der Waals surface area (Å²) in [6.07, 6.45) is 0. The van der Waals surface area contributed by atoms with Gasteiger partial charge in [0.1, 0.15) is 0 Å². The predicted octanol–water partition coefficient (Wildman–Crippen LogP) is 1.46. The maximum absolute atomic E-state index is 9.04. The van der Waals surface area contributed by atoms with Crippen molar-refractivity contribution < 1.29 is 5.11 Å². The van der Waals surface area contributed by atoms with Crippen LogP contribution in [-0.4, -0.2) is 18.8 Å². The van der Waals surface area contributed by atoms with E-state index in [2.05, 4.69) is 5.32 Å². The number of rotatable bonds is 3. The number of halogens is 1. The van der Waals surface area contributed by atoms with E-state index < -0.39 is 0 Å². The molecule has 1 unspecified atom stereocenters. The van der Waals surface area contributed by atoms with Gasteiger partial charge in [-0.25, -0.2) is 0 Å². The molecule has 1 atom stereocenters. The third-order valence-electron chi connectivity index (χ3n) is 2.04. The van der Waals surface area contributed by atoms with Crippen molar-refractivity contribution in [3.8, 4) is 6.07 Å². The molecule has 1 rings (SSSR count). The fourth-order valence-electron chi connectivity index (χ4n) is 1.22. The van der Waals surface area contributed by atoms with Gasteiger partial charge in [-0.2, -0.15) is 5.26 Å². The standard InChI is InChI=1S/C10H11ClN2O/c1-13-10(6-14)8-3-2-7(5-12)4-9(8)11/h2-4,10,13-14H,6H2,1H3. The number of nitrogens with zero attached hydrogens (tertiary/aromatic N) is 1. The van der Waals surface area contributed by atoms with Gasteiger partial charge in [0.15, 0.2) is 0 Å². The molecular weight excluding hydrogens is 200 g/mol. The lowest BCUT2D eigenvalue weighted by Gasteiger charge is -2.14. The molecule has 0 aliphatic rings. The molecule has 0 amide bonds. The van der Waals surface area contributed by atoms with Crippen molar-refractivity contribution >= 4 is 11.6 Å². The van der Waals surface area contributed by atoms with Crippen molar-refractivity contribution in [2.45, 2.75) is 6.04 Å². The summed E-state index contributed by atoms with van der Waals surface area (Å²) in [5, 5.41) is 21.1. The van der Waals surface area contributed by atoms with E-state index in [1.165, 1.54) is 0 Å². The Morgan fingerprint density at radius 1 is 1.64 bits per heavy atom. The molecular formula is C10H11ClN2O. The second-order valence-electron chi connectivity index (χ2n) is 2.87. The molecule has 0 aliphatic carbocycles. The molecule has 0 bridgehead atoms. The molecule has 0 saturated carbocycles. The summed E-state index contributed by atoms with van der Waals surface area (Å²) >= 11 is 5.96. The second kappa shape index (κ2) is 4.97. The Balaban J connectivity index is 3.05. The van der Waals surface area contributed by atoms with Gasteiger partial charge in [-0.05, 0) is 24.7 Å². The third-order valence-corrected chi connectivity index (χ3v) is 2.36. The van der Waals surface area contributed by atoms with E-state index in [1.807, 2.05) is 6.07 Å². The van der Waals surface area contributed by atoms with Crippen LogP contribution in [0.15, 0.2) is 18.2 Å². The Labute approximate surface area is 87.9 Å². The SMILES string of the molecule is CNC(CO)c1ccc(C#N)cc1Cl. The first-order valence-corrected chi connectivity index (χ1v) is 4.58. The lowest BCUT2D eigenvalue weighted by Crippen LogP contribution is -2.20. The Morgan fingerprint density at radius 3 is 2.79 bits per heavy atom. The number of likely N-dealkylation sites (N-methyl/N-ethyl adjacent to an activating group) is 1. The van der Waals surface area contributed by atoms with Crippen molar-refractivity contribution in [3.63, 3.8) is 0 Å². The minimum atomic E-state index is -0.185. The highest BCUT2D eigenvalue weighted by atomic mass is 35.5. The van der Waals surface area contributed by atoms with Crippen molar-refractivity contribution in [2.75, 3.05) is 13.7 Å². The second-order valence-corrected chi connectivity index (χ2v) is 3.28. The first-order chi connectivity index (χ1) is 6.72. The molecule has 0 spiro atoms. The van der Waals surface area contributed by atoms with Crippen LogP contribution in [0.3, 0.4) is 0 Å². The number of hydrogen-bond acceptors (Lipinski definition) is 3. The molecule has 4 heteroatoms. The van der Waals surface area contributed by atoms with Gasteiger partial charge in [-0.1, -0.05) is 17.7 Å². The molecule has 1 aromatic rings. The van der Waals surface area contributed by atoms with E-state index in [4.69, 9.17) is 22.0 Å². The molecule has 0 aromatic heterocycles. The minimum Gasteiger partial charge on any atom is -0.394 e. The molecule has 2 N–H and O–H groups in total. The topological polar surface area (TPSA) is 56.0 Å². The van der Waals surface area contributed by atoms with Crippen LogP contribution in [0.25, 0.3) is 0 Å². The van der Waals surface area contributed by atoms with Crippen molar-refractivity contribution in [2.24, 2.45) is 0 Å². The highest BCUT2D eigenvalue weighted by Gasteiger charge is 2.11. The fraction of sp³-hybridized carbons (Fsp3) is 0.300. The molecule has 0 radical (unpaired) electrons. The summed E-state index contributed by atoms with van der Waals surface area (Å²) in [4.78, 5) is 0. The average molecular weight is 211 g/mol. The van der Waals surface area contributed by atoms with Gasteiger partial charge in [0.2, 0.25) is 0 Å². The summed E-state index contributed by atoms with van der Waals surface area (Å²) < 4.78 is 0. The maximum atomic E-state index is 9.04. The molecule has 3 nitrogen and oxygen atoms in total. The van der Waals surface area contributed by atoms with Crippen LogP contribution in [0.2, 0.25) is 5.02 Å². The number of benzene rings is 1. The van der Waals surface area contributed by atoms with Crippen LogP contribution in [-0.2, 0) is 0 Å². The number of nitriles is 1. The van der Waals surface area contributed by atoms with E-state index in [0.717, 1.165) is 5.56 Å². The van der Waals surface area contributed by atoms with Gasteiger partial charge < -0.3 is 10.4 Å². The summed E-state index contributed by atoms with van der Waals surface area (Å²) in [5.74, 6) is 0. The zero-order valence-corrected chi connectivity index (χ0v) is 8.54. The number of aliphatic hydroxyl groups excluding tert-OH is 1. The first-order valence-electron chi connectivity index (χ1n) is 4.20. The fourth-order valence-corrected chi connectivity index (χ4v) is 1.54. The van der Waals surface area contributed by atoms with Gasteiger partial charge in [0, 0.05) is 5.02 Å². The van der Waals surface area contributed by atoms with Gasteiger partial charge in [0.25, 0.3) is 0 Å². The maximum Gasteiger partial charge on any atom is 0.0992 e. The molecule has 0 aliphatic heterocycles. The molecule has 14 heavy (non-hydrogen) atoms. The van der Waals surface area contributed by atoms with Crippen molar-refractivity contribution in [3.05, 3.63) is 34.3 Å². The normalized spacial score (nSPS) is 12.1. The van der Waals surface area contributed by atoms with Gasteiger partial charge in [-0.3, -0.25) is 0 Å². The Bertz CT molecular complexity index is 356. The van der Waals surface area contributed by atoms with E-state index in [0.29, 0.717) is 10.6 Å². The monoisotopic (exact) mass is 210 g/mol. The highest BCUT2D eigenvalue weighted by molar-refractivity contribution is 6.31. The quantitative estimate of drug-likeness (QED) is 0.795. The van der Waals surface area contributed by atoms with Crippen molar-refractivity contribution in [1.82, 2.24) is 5.32 Å². The zero-order chi connectivity index (χ0) is 10.6. The average Bonchev–Trinajstić information content (AvgIpc) is 2.22. The molecule has 1 aromatic carbocycles. The zero-order valence-electron chi connectivity index (χ0n) is 7.79. The van der Waals surface area contributed by atoms with Crippen LogP contribution >= 0.6 is 11.6 Å². The Morgan fingerprint density at radius 2 is 2.36 bits per heavy atom. The number of nitrogens with one attached hydrogen (secondary N) is 1. The smallest absolute Gasteiger partial charge is 0.0992 e. The largest absolute Gasteiger partial charge is 0.394 e. The van der Waals surface area contributed by atoms with Crippen LogP contribution < -0.4 is 5.32 Å². The molecule has 0 saturated heterocycles. The number of aliphatic hydroxyl groups is 1. The Hall–Kier alpha value is -1.08. The predicted molar refractivity (Wildman–Crippen MR) is 55.1 cm³/mol. The lowest BCUT2D eigenvalue weighted by molar-refractivity contribution is 0.251. The molecule has 74 valence electrons. The third kappa shape index (κ3) is 2.24. The van der Waals surface area contributed by atoms with Gasteiger partial charge >= 0.3 is 0 Å². The summed E-state index contributed by atoms with van der Waals surface area (Å²) in [6.45, 7) is -0.0257. The molecule has 0 fully saturated rings. The lowest BCUT2D eigenvalue weighted by atomic mass is 10.1. The summed E-state index contributed by atoms with van der Waals surface area (Å²) in [5.41, 5.74) is 1.32. The van der Waals surface area contributed by atoms with Crippen LogP contribution in [0.1, 0.15) is 17.2 Å². The summed E-state index contributed by atoms with van der Waals surface area (Å²) in [7, 11) is 1.75. The van der Waals surface area contributed by atoms with E-state index in [9.17, 15) is 0 Å². The van der Waals surface area contributed by atoms with Gasteiger partial charge in [0.05, 0.1) is 24.3 Å². The van der Waals surface area contributed by atoms with E-state index in [1.54, 1.807) is 25.2 Å². The van der Waals surface area contributed by atoms with Gasteiger partial charge in [-0.15, -0.1) is 0 Å². The van der Waals surface area contributed by atoms with Crippen LogP contribution in [0.4, 0.5) is 0 Å². The minimum absolute atomic E-state index is 0.0257. The Kier molecular flexibility index (Phi) is 3.90. The van der Waals surface area contributed by atoms with Crippen molar-refractivity contribution in [1.29, 1.82) is 5.26 Å². The number of hydrogen-bond donors (Lipinski definition) is 2. The van der Waals surface area contributed by atoms with E-state index >= 15 is 0 Å².